The van der Waals surface area contributed by atoms with E-state index in [0.29, 0.717) is 19.5 Å². The second kappa shape index (κ2) is 8.60. The Morgan fingerprint density at radius 3 is 2.88 bits per heavy atom. The first-order valence-corrected chi connectivity index (χ1v) is 9.13. The molecule has 0 bridgehead atoms. The Morgan fingerprint density at radius 1 is 1.35 bits per heavy atom. The molecule has 0 spiro atoms. The summed E-state index contributed by atoms with van der Waals surface area (Å²) >= 11 is 0. The lowest BCUT2D eigenvalue weighted by atomic mass is 9.94. The smallest absolute Gasteiger partial charge is 0.268 e. The zero-order chi connectivity index (χ0) is 18.4. The third kappa shape index (κ3) is 4.68. The first-order valence-electron chi connectivity index (χ1n) is 9.13. The van der Waals surface area contributed by atoms with Gasteiger partial charge < -0.3 is 10.2 Å². The summed E-state index contributed by atoms with van der Waals surface area (Å²) in [6.45, 7) is 4.66. The number of carbonyl (C=O) groups excluding carboxylic acids is 1. The van der Waals surface area contributed by atoms with Crippen LogP contribution in [0.5, 0.6) is 0 Å². The quantitative estimate of drug-likeness (QED) is 0.851. The first-order chi connectivity index (χ1) is 12.7. The molecule has 0 aliphatic carbocycles. The molecule has 1 amide bonds. The number of carbonyl (C=O) groups is 1. The van der Waals surface area contributed by atoms with Crippen LogP contribution in [-0.2, 0) is 17.9 Å². The van der Waals surface area contributed by atoms with Gasteiger partial charge in [0.05, 0.1) is 11.9 Å². The summed E-state index contributed by atoms with van der Waals surface area (Å²) in [4.78, 5) is 30.4. The van der Waals surface area contributed by atoms with E-state index < -0.39 is 0 Å². The van der Waals surface area contributed by atoms with Gasteiger partial charge in [0, 0.05) is 51.1 Å². The number of nitrogens with zero attached hydrogens (tertiary/aromatic N) is 4. The van der Waals surface area contributed by atoms with Crippen LogP contribution in [0.15, 0.2) is 41.6 Å². The van der Waals surface area contributed by atoms with Crippen molar-refractivity contribution >= 4 is 11.6 Å². The summed E-state index contributed by atoms with van der Waals surface area (Å²) < 4.78 is 1.44. The molecule has 0 radical (unpaired) electrons. The Morgan fingerprint density at radius 2 is 2.15 bits per heavy atom. The van der Waals surface area contributed by atoms with Gasteiger partial charge in [-0.3, -0.25) is 14.6 Å². The summed E-state index contributed by atoms with van der Waals surface area (Å²) in [5, 5.41) is 7.17. The first kappa shape index (κ1) is 18.1. The van der Waals surface area contributed by atoms with Gasteiger partial charge in [-0.1, -0.05) is 0 Å². The van der Waals surface area contributed by atoms with Crippen molar-refractivity contribution < 1.29 is 4.79 Å². The summed E-state index contributed by atoms with van der Waals surface area (Å²) in [5.41, 5.74) is 1.81. The highest BCUT2D eigenvalue weighted by Crippen LogP contribution is 2.23. The van der Waals surface area contributed by atoms with E-state index in [0.717, 1.165) is 37.2 Å². The highest BCUT2D eigenvalue weighted by atomic mass is 16.1. The number of amides is 1. The van der Waals surface area contributed by atoms with Gasteiger partial charge >= 0.3 is 0 Å². The number of piperidine rings is 1. The monoisotopic (exact) mass is 355 g/mol. The van der Waals surface area contributed by atoms with Gasteiger partial charge in [-0.25, -0.2) is 4.68 Å². The standard InChI is InChI=1S/C19H25N5O2/c1-2-24-19(26)11-17(13-22-24)23-9-3-4-16(14-23)10-18(25)21-12-15-5-7-20-8-6-15/h5-8,11,13,16H,2-4,9-10,12,14H2,1H3,(H,21,25). The number of aryl methyl sites for hydroxylation is 1. The molecule has 2 aromatic heterocycles. The fourth-order valence-corrected chi connectivity index (χ4v) is 3.34. The number of pyridine rings is 1. The molecule has 1 unspecified atom stereocenters. The van der Waals surface area contributed by atoms with E-state index in [9.17, 15) is 9.59 Å². The predicted molar refractivity (Wildman–Crippen MR) is 99.8 cm³/mol. The minimum absolute atomic E-state index is 0.0631. The van der Waals surface area contributed by atoms with Crippen LogP contribution in [0.1, 0.15) is 31.7 Å². The molecule has 2 aromatic rings. The van der Waals surface area contributed by atoms with Crippen LogP contribution < -0.4 is 15.8 Å². The fourth-order valence-electron chi connectivity index (χ4n) is 3.34. The van der Waals surface area contributed by atoms with Gasteiger partial charge in [-0.2, -0.15) is 5.10 Å². The molecule has 0 saturated carbocycles. The molecular weight excluding hydrogens is 330 g/mol. The summed E-state index contributed by atoms with van der Waals surface area (Å²) in [7, 11) is 0. The van der Waals surface area contributed by atoms with Crippen LogP contribution in [-0.4, -0.2) is 33.8 Å². The maximum absolute atomic E-state index is 12.3. The number of aromatic nitrogens is 3. The van der Waals surface area contributed by atoms with Gasteiger partial charge in [-0.05, 0) is 43.4 Å². The van der Waals surface area contributed by atoms with E-state index in [1.807, 2.05) is 19.1 Å². The van der Waals surface area contributed by atoms with E-state index in [-0.39, 0.29) is 17.4 Å². The topological polar surface area (TPSA) is 80.1 Å². The van der Waals surface area contributed by atoms with E-state index in [1.165, 1.54) is 4.68 Å². The lowest BCUT2D eigenvalue weighted by molar-refractivity contribution is -0.122. The molecule has 1 aliphatic heterocycles. The molecule has 26 heavy (non-hydrogen) atoms. The highest BCUT2D eigenvalue weighted by Gasteiger charge is 2.23. The van der Waals surface area contributed by atoms with Crippen molar-refractivity contribution in [1.29, 1.82) is 0 Å². The molecule has 1 N–H and O–H groups in total. The van der Waals surface area contributed by atoms with Crippen molar-refractivity contribution in [2.75, 3.05) is 18.0 Å². The van der Waals surface area contributed by atoms with Gasteiger partial charge in [0.1, 0.15) is 0 Å². The summed E-state index contributed by atoms with van der Waals surface area (Å²) in [5.74, 6) is 0.350. The molecule has 0 aromatic carbocycles. The van der Waals surface area contributed by atoms with Gasteiger partial charge in [-0.15, -0.1) is 0 Å². The average molecular weight is 355 g/mol. The number of nitrogens with one attached hydrogen (secondary N) is 1. The minimum Gasteiger partial charge on any atom is -0.370 e. The molecule has 7 nitrogen and oxygen atoms in total. The molecule has 1 fully saturated rings. The maximum Gasteiger partial charge on any atom is 0.268 e. The third-order valence-corrected chi connectivity index (χ3v) is 4.75. The fraction of sp³-hybridized carbons (Fsp3) is 0.474. The average Bonchev–Trinajstić information content (AvgIpc) is 2.67. The Labute approximate surface area is 153 Å². The largest absolute Gasteiger partial charge is 0.370 e. The van der Waals surface area contributed by atoms with Crippen molar-refractivity contribution in [3.8, 4) is 0 Å². The SMILES string of the molecule is CCn1ncc(N2CCCC(CC(=O)NCc3ccncc3)C2)cc1=O. The minimum atomic E-state index is -0.0813. The maximum atomic E-state index is 12.3. The zero-order valence-electron chi connectivity index (χ0n) is 15.1. The Balaban J connectivity index is 1.54. The molecule has 1 atom stereocenters. The molecule has 7 heteroatoms. The predicted octanol–water partition coefficient (Wildman–Crippen LogP) is 1.58. The normalized spacial score (nSPS) is 17.1. The second-order valence-corrected chi connectivity index (χ2v) is 6.66. The number of rotatable bonds is 6. The van der Waals surface area contributed by atoms with Gasteiger partial charge in [0.25, 0.3) is 5.56 Å². The summed E-state index contributed by atoms with van der Waals surface area (Å²) in [6, 6.07) is 5.44. The molecule has 1 aliphatic rings. The lowest BCUT2D eigenvalue weighted by Gasteiger charge is -2.34. The van der Waals surface area contributed by atoms with Crippen LogP contribution in [0, 0.1) is 5.92 Å². The van der Waals surface area contributed by atoms with Crippen LogP contribution in [0.2, 0.25) is 0 Å². The third-order valence-electron chi connectivity index (χ3n) is 4.75. The Hall–Kier alpha value is -2.70. The highest BCUT2D eigenvalue weighted by molar-refractivity contribution is 5.76. The van der Waals surface area contributed by atoms with E-state index in [4.69, 9.17) is 0 Å². The van der Waals surface area contributed by atoms with Crippen LogP contribution in [0.3, 0.4) is 0 Å². The molecule has 3 rings (SSSR count). The van der Waals surface area contributed by atoms with Crippen LogP contribution in [0.25, 0.3) is 0 Å². The van der Waals surface area contributed by atoms with Crippen molar-refractivity contribution in [1.82, 2.24) is 20.1 Å². The van der Waals surface area contributed by atoms with Crippen molar-refractivity contribution in [2.24, 2.45) is 5.92 Å². The van der Waals surface area contributed by atoms with Crippen molar-refractivity contribution in [3.63, 3.8) is 0 Å². The Bertz CT molecular complexity index is 790. The van der Waals surface area contributed by atoms with E-state index >= 15 is 0 Å². The number of anilines is 1. The van der Waals surface area contributed by atoms with Crippen molar-refractivity contribution in [3.05, 3.63) is 52.7 Å². The van der Waals surface area contributed by atoms with Crippen LogP contribution in [0.4, 0.5) is 5.69 Å². The number of hydrogen-bond acceptors (Lipinski definition) is 5. The van der Waals surface area contributed by atoms with Gasteiger partial charge in [0.2, 0.25) is 5.91 Å². The van der Waals surface area contributed by atoms with Gasteiger partial charge in [0.15, 0.2) is 0 Å². The van der Waals surface area contributed by atoms with Crippen LogP contribution >= 0.6 is 0 Å². The Kier molecular flexibility index (Phi) is 5.99. The lowest BCUT2D eigenvalue weighted by Crippen LogP contribution is -2.38. The van der Waals surface area contributed by atoms with E-state index in [1.54, 1.807) is 24.7 Å². The molecule has 138 valence electrons. The second-order valence-electron chi connectivity index (χ2n) is 6.66. The molecule has 3 heterocycles. The van der Waals surface area contributed by atoms with E-state index in [2.05, 4.69) is 20.3 Å². The summed E-state index contributed by atoms with van der Waals surface area (Å²) in [6.07, 6.45) is 7.73. The molecule has 1 saturated heterocycles. The van der Waals surface area contributed by atoms with Crippen molar-refractivity contribution in [2.45, 2.75) is 39.3 Å². The number of hydrogen-bond donors (Lipinski definition) is 1. The zero-order valence-corrected chi connectivity index (χ0v) is 15.1. The molecular formula is C19H25N5O2.